The fraction of sp³-hybridized carbons (Fsp3) is 0.357. The van der Waals surface area contributed by atoms with Crippen LogP contribution in [0.15, 0.2) is 41.8 Å². The number of benzene rings is 1. The van der Waals surface area contributed by atoms with E-state index in [0.717, 1.165) is 5.56 Å². The molecule has 1 heterocycles. The van der Waals surface area contributed by atoms with Crippen molar-refractivity contribution in [1.29, 1.82) is 0 Å². The van der Waals surface area contributed by atoms with E-state index in [2.05, 4.69) is 4.98 Å². The van der Waals surface area contributed by atoms with Crippen molar-refractivity contribution in [1.82, 2.24) is 13.9 Å². The van der Waals surface area contributed by atoms with Gasteiger partial charge in [0.2, 0.25) is 0 Å². The van der Waals surface area contributed by atoms with Crippen molar-refractivity contribution >= 4 is 15.7 Å². The maximum atomic E-state index is 12.6. The highest BCUT2D eigenvalue weighted by atomic mass is 32.2. The lowest BCUT2D eigenvalue weighted by molar-refractivity contribution is 0.421. The zero-order valence-corrected chi connectivity index (χ0v) is 13.0. The number of nitrogen functional groups attached to an aromatic ring is 1. The number of hydrogen-bond donors (Lipinski definition) is 1. The molecule has 0 fully saturated rings. The summed E-state index contributed by atoms with van der Waals surface area (Å²) in [6.07, 6.45) is 3.08. The second kappa shape index (κ2) is 6.28. The Bertz CT molecular complexity index is 709. The van der Waals surface area contributed by atoms with Crippen molar-refractivity contribution in [3.05, 3.63) is 42.4 Å². The van der Waals surface area contributed by atoms with E-state index in [9.17, 15) is 8.42 Å². The van der Waals surface area contributed by atoms with Gasteiger partial charge in [-0.3, -0.25) is 0 Å². The van der Waals surface area contributed by atoms with Crippen LogP contribution in [0.1, 0.15) is 19.4 Å². The first kappa shape index (κ1) is 15.5. The Balaban J connectivity index is 2.27. The van der Waals surface area contributed by atoms with Crippen molar-refractivity contribution < 1.29 is 8.42 Å². The second-order valence-corrected chi connectivity index (χ2v) is 6.60. The fourth-order valence-electron chi connectivity index (χ4n) is 2.04. The number of nitrogens with two attached hydrogens (primary N) is 1. The monoisotopic (exact) mass is 308 g/mol. The second-order valence-electron chi connectivity index (χ2n) is 4.72. The Morgan fingerprint density at radius 3 is 2.67 bits per heavy atom. The van der Waals surface area contributed by atoms with E-state index < -0.39 is 10.0 Å². The van der Waals surface area contributed by atoms with E-state index in [4.69, 9.17) is 5.73 Å². The zero-order valence-electron chi connectivity index (χ0n) is 12.2. The molecule has 1 aromatic heterocycles. The average molecular weight is 308 g/mol. The van der Waals surface area contributed by atoms with Crippen LogP contribution in [0.25, 0.3) is 0 Å². The van der Waals surface area contributed by atoms with Gasteiger partial charge in [0, 0.05) is 31.5 Å². The Hall–Kier alpha value is -1.86. The normalized spacial score (nSPS) is 12.0. The third-order valence-corrected chi connectivity index (χ3v) is 5.05. The predicted molar refractivity (Wildman–Crippen MR) is 82.0 cm³/mol. The van der Waals surface area contributed by atoms with Gasteiger partial charge in [0.25, 0.3) is 10.0 Å². The summed E-state index contributed by atoms with van der Waals surface area (Å²) >= 11 is 0. The summed E-state index contributed by atoms with van der Waals surface area (Å²) in [5, 5.41) is 0.0788. The molecule has 0 spiro atoms. The molecule has 6 nitrogen and oxygen atoms in total. The maximum Gasteiger partial charge on any atom is 0.262 e. The fourth-order valence-corrected chi connectivity index (χ4v) is 3.41. The standard InChI is InChI=1S/C14H20N4O2S/c1-3-17-10-14(16-11-17)21(19,20)18(4-2)9-12-6-5-7-13(15)8-12/h5-8,10-11H,3-4,9,15H2,1-2H3. The first-order valence-electron chi connectivity index (χ1n) is 6.83. The van der Waals surface area contributed by atoms with E-state index in [1.54, 1.807) is 29.8 Å². The van der Waals surface area contributed by atoms with Crippen LogP contribution in [0.3, 0.4) is 0 Å². The van der Waals surface area contributed by atoms with Crippen molar-refractivity contribution in [3.63, 3.8) is 0 Å². The van der Waals surface area contributed by atoms with Crippen LogP contribution in [0.4, 0.5) is 5.69 Å². The van der Waals surface area contributed by atoms with Gasteiger partial charge in [-0.05, 0) is 24.6 Å². The van der Waals surface area contributed by atoms with E-state index in [0.29, 0.717) is 18.8 Å². The SMILES string of the molecule is CCN(Cc1cccc(N)c1)S(=O)(=O)c1cn(CC)cn1. The summed E-state index contributed by atoms with van der Waals surface area (Å²) in [4.78, 5) is 4.00. The van der Waals surface area contributed by atoms with Gasteiger partial charge in [-0.25, -0.2) is 13.4 Å². The molecule has 0 saturated heterocycles. The number of nitrogens with zero attached hydrogens (tertiary/aromatic N) is 3. The first-order chi connectivity index (χ1) is 9.97. The summed E-state index contributed by atoms with van der Waals surface area (Å²) in [5.74, 6) is 0. The highest BCUT2D eigenvalue weighted by molar-refractivity contribution is 7.89. The topological polar surface area (TPSA) is 81.2 Å². The van der Waals surface area contributed by atoms with Gasteiger partial charge in [0.05, 0.1) is 6.33 Å². The van der Waals surface area contributed by atoms with Crippen LogP contribution in [0, 0.1) is 0 Å². The molecule has 2 N–H and O–H groups in total. The summed E-state index contributed by atoms with van der Waals surface area (Å²) in [6, 6.07) is 7.23. The molecule has 0 atom stereocenters. The van der Waals surface area contributed by atoms with Crippen LogP contribution in [-0.4, -0.2) is 28.8 Å². The number of anilines is 1. The lowest BCUT2D eigenvalue weighted by Gasteiger charge is -2.19. The summed E-state index contributed by atoms with van der Waals surface area (Å²) in [7, 11) is -3.59. The quantitative estimate of drug-likeness (QED) is 0.824. The molecule has 114 valence electrons. The largest absolute Gasteiger partial charge is 0.399 e. The number of aryl methyl sites for hydroxylation is 1. The molecule has 0 aliphatic rings. The zero-order chi connectivity index (χ0) is 15.5. The molecule has 0 aliphatic carbocycles. The van der Waals surface area contributed by atoms with E-state index >= 15 is 0 Å². The molecule has 0 bridgehead atoms. The first-order valence-corrected chi connectivity index (χ1v) is 8.27. The Morgan fingerprint density at radius 2 is 2.10 bits per heavy atom. The number of imidazole rings is 1. The summed E-state index contributed by atoms with van der Waals surface area (Å²) in [6.45, 7) is 5.08. The molecule has 2 aromatic rings. The Labute approximate surface area is 125 Å². The third kappa shape index (κ3) is 3.43. The van der Waals surface area contributed by atoms with Crippen LogP contribution in [0.2, 0.25) is 0 Å². The molecular formula is C14H20N4O2S. The van der Waals surface area contributed by atoms with Gasteiger partial charge in [-0.2, -0.15) is 4.31 Å². The molecule has 0 radical (unpaired) electrons. The average Bonchev–Trinajstić information content (AvgIpc) is 2.94. The van der Waals surface area contributed by atoms with Gasteiger partial charge in [0.15, 0.2) is 5.03 Å². The smallest absolute Gasteiger partial charge is 0.262 e. The number of aromatic nitrogens is 2. The lowest BCUT2D eigenvalue weighted by Crippen LogP contribution is -2.30. The van der Waals surface area contributed by atoms with Crippen molar-refractivity contribution in [3.8, 4) is 0 Å². The van der Waals surface area contributed by atoms with Gasteiger partial charge in [0.1, 0.15) is 0 Å². The van der Waals surface area contributed by atoms with Crippen LogP contribution >= 0.6 is 0 Å². The van der Waals surface area contributed by atoms with Crippen LogP contribution in [0.5, 0.6) is 0 Å². The van der Waals surface area contributed by atoms with E-state index in [1.165, 1.54) is 10.6 Å². The van der Waals surface area contributed by atoms with E-state index in [1.807, 2.05) is 19.1 Å². The highest BCUT2D eigenvalue weighted by Crippen LogP contribution is 2.17. The molecule has 0 unspecified atom stereocenters. The number of rotatable bonds is 6. The number of sulfonamides is 1. The van der Waals surface area contributed by atoms with Gasteiger partial charge in [-0.15, -0.1) is 0 Å². The third-order valence-electron chi connectivity index (χ3n) is 3.24. The lowest BCUT2D eigenvalue weighted by atomic mass is 10.2. The van der Waals surface area contributed by atoms with Gasteiger partial charge in [-0.1, -0.05) is 19.1 Å². The Morgan fingerprint density at radius 1 is 1.33 bits per heavy atom. The minimum Gasteiger partial charge on any atom is -0.399 e. The predicted octanol–water partition coefficient (Wildman–Crippen LogP) is 1.70. The van der Waals surface area contributed by atoms with Crippen LogP contribution < -0.4 is 5.73 Å². The summed E-state index contributed by atoms with van der Waals surface area (Å²) < 4.78 is 28.3. The Kier molecular flexibility index (Phi) is 4.64. The van der Waals surface area contributed by atoms with Crippen LogP contribution in [-0.2, 0) is 23.1 Å². The molecule has 1 aromatic carbocycles. The van der Waals surface area contributed by atoms with E-state index in [-0.39, 0.29) is 11.6 Å². The molecule has 7 heteroatoms. The molecular weight excluding hydrogens is 288 g/mol. The molecule has 21 heavy (non-hydrogen) atoms. The van der Waals surface area contributed by atoms with Gasteiger partial charge < -0.3 is 10.3 Å². The number of hydrogen-bond acceptors (Lipinski definition) is 4. The highest BCUT2D eigenvalue weighted by Gasteiger charge is 2.25. The van der Waals surface area contributed by atoms with Crippen molar-refractivity contribution in [2.45, 2.75) is 32.0 Å². The molecule has 2 rings (SSSR count). The minimum absolute atomic E-state index is 0.0788. The molecule has 0 saturated carbocycles. The summed E-state index contributed by atoms with van der Waals surface area (Å²) in [5.41, 5.74) is 7.21. The molecule has 0 amide bonds. The minimum atomic E-state index is -3.59. The van der Waals surface area contributed by atoms with Crippen molar-refractivity contribution in [2.24, 2.45) is 0 Å². The molecule has 0 aliphatic heterocycles. The van der Waals surface area contributed by atoms with Crippen molar-refractivity contribution in [2.75, 3.05) is 12.3 Å². The van der Waals surface area contributed by atoms with Gasteiger partial charge >= 0.3 is 0 Å². The maximum absolute atomic E-state index is 12.6.